The van der Waals surface area contributed by atoms with E-state index < -0.39 is 28.0 Å². The molecule has 3 rings (SSSR count). The number of sulfonamides is 1. The van der Waals surface area contributed by atoms with Gasteiger partial charge in [0.15, 0.2) is 0 Å². The van der Waals surface area contributed by atoms with Gasteiger partial charge in [0.2, 0.25) is 15.9 Å². The largest absolute Gasteiger partial charge is 0.480 e. The average molecular weight is 431 g/mol. The molecule has 2 aromatic carbocycles. The molecule has 0 spiro atoms. The summed E-state index contributed by atoms with van der Waals surface area (Å²) in [6, 6.07) is 14.8. The summed E-state index contributed by atoms with van der Waals surface area (Å²) in [5.74, 6) is -1.84. The van der Waals surface area contributed by atoms with Gasteiger partial charge in [-0.15, -0.1) is 0 Å². The Morgan fingerprint density at radius 2 is 1.67 bits per heavy atom. The number of carboxylic acid groups (broad SMARTS) is 1. The van der Waals surface area contributed by atoms with Gasteiger partial charge in [0.1, 0.15) is 6.04 Å². The van der Waals surface area contributed by atoms with Crippen molar-refractivity contribution in [2.24, 2.45) is 5.92 Å². The van der Waals surface area contributed by atoms with Crippen LogP contribution in [0.1, 0.15) is 24.0 Å². The van der Waals surface area contributed by atoms with Crippen LogP contribution in [0.2, 0.25) is 0 Å². The maximum Gasteiger partial charge on any atom is 0.326 e. The summed E-state index contributed by atoms with van der Waals surface area (Å²) in [5, 5.41) is 12.1. The van der Waals surface area contributed by atoms with Gasteiger partial charge in [-0.1, -0.05) is 48.0 Å². The summed E-state index contributed by atoms with van der Waals surface area (Å²) in [6.07, 6.45) is 0.908. The highest BCUT2D eigenvalue weighted by Gasteiger charge is 2.33. The Morgan fingerprint density at radius 1 is 1.07 bits per heavy atom. The molecule has 1 saturated heterocycles. The van der Waals surface area contributed by atoms with Gasteiger partial charge in [0, 0.05) is 25.4 Å². The van der Waals surface area contributed by atoms with E-state index in [2.05, 4.69) is 5.32 Å². The summed E-state index contributed by atoms with van der Waals surface area (Å²) in [5.41, 5.74) is 1.80. The molecule has 1 aliphatic heterocycles. The number of nitrogens with zero attached hydrogens (tertiary/aromatic N) is 1. The molecule has 8 heteroatoms. The van der Waals surface area contributed by atoms with E-state index in [1.54, 1.807) is 24.3 Å². The second-order valence-corrected chi connectivity index (χ2v) is 9.52. The third kappa shape index (κ3) is 5.25. The number of benzene rings is 2. The first kappa shape index (κ1) is 22.0. The summed E-state index contributed by atoms with van der Waals surface area (Å²) in [4.78, 5) is 24.4. The van der Waals surface area contributed by atoms with Crippen molar-refractivity contribution in [3.8, 4) is 0 Å². The van der Waals surface area contributed by atoms with Crippen molar-refractivity contribution in [3.63, 3.8) is 0 Å². The fourth-order valence-corrected chi connectivity index (χ4v) is 5.03. The molecule has 0 bridgehead atoms. The Bertz CT molecular complexity index is 982. The lowest BCUT2D eigenvalue weighted by Crippen LogP contribution is -2.48. The van der Waals surface area contributed by atoms with Crippen molar-refractivity contribution < 1.29 is 23.1 Å². The number of aliphatic carboxylic acids is 1. The minimum atomic E-state index is -3.60. The molecule has 160 valence electrons. The zero-order chi connectivity index (χ0) is 21.7. The van der Waals surface area contributed by atoms with Crippen molar-refractivity contribution in [1.29, 1.82) is 0 Å². The lowest BCUT2D eigenvalue weighted by Gasteiger charge is -2.31. The summed E-state index contributed by atoms with van der Waals surface area (Å²) >= 11 is 0. The zero-order valence-electron chi connectivity index (χ0n) is 16.8. The molecule has 2 aromatic rings. The van der Waals surface area contributed by atoms with E-state index in [9.17, 15) is 23.1 Å². The number of rotatable bonds is 7. The highest BCUT2D eigenvalue weighted by molar-refractivity contribution is 7.89. The quantitative estimate of drug-likeness (QED) is 0.701. The number of amides is 1. The molecular weight excluding hydrogens is 404 g/mol. The van der Waals surface area contributed by atoms with E-state index in [4.69, 9.17) is 0 Å². The van der Waals surface area contributed by atoms with Gasteiger partial charge in [-0.3, -0.25) is 4.79 Å². The van der Waals surface area contributed by atoms with E-state index in [0.29, 0.717) is 12.8 Å². The molecule has 1 heterocycles. The van der Waals surface area contributed by atoms with Crippen molar-refractivity contribution in [2.75, 3.05) is 13.1 Å². The van der Waals surface area contributed by atoms with Crippen LogP contribution in [-0.4, -0.2) is 48.8 Å². The molecule has 1 aliphatic rings. The smallest absolute Gasteiger partial charge is 0.326 e. The number of aryl methyl sites for hydroxylation is 1. The van der Waals surface area contributed by atoms with Crippen LogP contribution < -0.4 is 5.32 Å². The van der Waals surface area contributed by atoms with Crippen LogP contribution in [0.3, 0.4) is 0 Å². The Morgan fingerprint density at radius 3 is 2.23 bits per heavy atom. The topological polar surface area (TPSA) is 104 Å². The van der Waals surface area contributed by atoms with Crippen LogP contribution in [0.5, 0.6) is 0 Å². The molecule has 0 unspecified atom stereocenters. The van der Waals surface area contributed by atoms with Gasteiger partial charge in [0.05, 0.1) is 4.90 Å². The highest BCUT2D eigenvalue weighted by Crippen LogP contribution is 2.24. The third-order valence-electron chi connectivity index (χ3n) is 5.38. The molecule has 1 atom stereocenters. The van der Waals surface area contributed by atoms with Crippen LogP contribution >= 0.6 is 0 Å². The van der Waals surface area contributed by atoms with E-state index in [-0.39, 0.29) is 30.3 Å². The second-order valence-electron chi connectivity index (χ2n) is 7.58. The molecule has 1 fully saturated rings. The number of hydrogen-bond donors (Lipinski definition) is 2. The Balaban J connectivity index is 1.59. The number of carboxylic acids is 1. The first-order chi connectivity index (χ1) is 14.3. The van der Waals surface area contributed by atoms with Gasteiger partial charge in [-0.05, 0) is 37.5 Å². The standard InChI is InChI=1S/C22H26N2O5S/c1-16-7-9-19(10-8-16)30(28,29)24-13-11-18(12-14-24)21(25)23-20(22(26)27)15-17-5-3-2-4-6-17/h2-10,18,20H,11-15H2,1H3,(H,23,25)(H,26,27)/t20-/m0/s1. The molecule has 0 aliphatic carbocycles. The molecule has 0 radical (unpaired) electrons. The predicted octanol–water partition coefficient (Wildman–Crippen LogP) is 2.21. The first-order valence-electron chi connectivity index (χ1n) is 9.91. The first-order valence-corrected chi connectivity index (χ1v) is 11.4. The minimum absolute atomic E-state index is 0.197. The van der Waals surface area contributed by atoms with E-state index in [1.165, 1.54) is 4.31 Å². The Hall–Kier alpha value is -2.71. The predicted molar refractivity (Wildman–Crippen MR) is 112 cm³/mol. The zero-order valence-corrected chi connectivity index (χ0v) is 17.6. The lowest BCUT2D eigenvalue weighted by atomic mass is 9.96. The summed E-state index contributed by atoms with van der Waals surface area (Å²) in [7, 11) is -3.60. The second kappa shape index (κ2) is 9.40. The number of carbonyl (C=O) groups is 2. The molecule has 7 nitrogen and oxygen atoms in total. The third-order valence-corrected chi connectivity index (χ3v) is 7.29. The molecule has 0 aromatic heterocycles. The van der Waals surface area contributed by atoms with Crippen molar-refractivity contribution in [1.82, 2.24) is 9.62 Å². The van der Waals surface area contributed by atoms with Crippen molar-refractivity contribution >= 4 is 21.9 Å². The van der Waals surface area contributed by atoms with Gasteiger partial charge >= 0.3 is 5.97 Å². The number of piperidine rings is 1. The van der Waals surface area contributed by atoms with E-state index >= 15 is 0 Å². The van der Waals surface area contributed by atoms with E-state index in [1.807, 2.05) is 37.3 Å². The fraction of sp³-hybridized carbons (Fsp3) is 0.364. The van der Waals surface area contributed by atoms with Gasteiger partial charge < -0.3 is 10.4 Å². The van der Waals surface area contributed by atoms with Gasteiger partial charge in [-0.2, -0.15) is 4.31 Å². The SMILES string of the molecule is Cc1ccc(S(=O)(=O)N2CCC(C(=O)N[C@@H](Cc3ccccc3)C(=O)O)CC2)cc1. The summed E-state index contributed by atoms with van der Waals surface area (Å²) in [6.45, 7) is 2.35. The molecule has 0 saturated carbocycles. The maximum atomic E-state index is 12.8. The Kier molecular flexibility index (Phi) is 6.89. The monoisotopic (exact) mass is 430 g/mol. The number of hydrogen-bond acceptors (Lipinski definition) is 4. The maximum absolute atomic E-state index is 12.8. The highest BCUT2D eigenvalue weighted by atomic mass is 32.2. The molecule has 2 N–H and O–H groups in total. The van der Waals surface area contributed by atoms with Crippen LogP contribution in [-0.2, 0) is 26.0 Å². The number of nitrogens with one attached hydrogen (secondary N) is 1. The van der Waals surface area contributed by atoms with Crippen LogP contribution in [0.4, 0.5) is 0 Å². The summed E-state index contributed by atoms with van der Waals surface area (Å²) < 4.78 is 27.0. The van der Waals surface area contributed by atoms with Crippen molar-refractivity contribution in [2.45, 2.75) is 37.1 Å². The average Bonchev–Trinajstić information content (AvgIpc) is 2.74. The lowest BCUT2D eigenvalue weighted by molar-refractivity contribution is -0.142. The molecule has 1 amide bonds. The van der Waals surface area contributed by atoms with Gasteiger partial charge in [-0.25, -0.2) is 13.2 Å². The van der Waals surface area contributed by atoms with E-state index in [0.717, 1.165) is 11.1 Å². The minimum Gasteiger partial charge on any atom is -0.480 e. The normalized spacial score (nSPS) is 16.7. The fourth-order valence-electron chi connectivity index (χ4n) is 3.56. The van der Waals surface area contributed by atoms with Crippen LogP contribution in [0, 0.1) is 12.8 Å². The number of carbonyl (C=O) groups excluding carboxylic acids is 1. The Labute approximate surface area is 176 Å². The van der Waals surface area contributed by atoms with Gasteiger partial charge in [0.25, 0.3) is 0 Å². The molecule has 30 heavy (non-hydrogen) atoms. The van der Waals surface area contributed by atoms with Crippen molar-refractivity contribution in [3.05, 3.63) is 65.7 Å². The molecular formula is C22H26N2O5S. The van der Waals surface area contributed by atoms with Crippen LogP contribution in [0.15, 0.2) is 59.5 Å². The van der Waals surface area contributed by atoms with Crippen LogP contribution in [0.25, 0.3) is 0 Å².